The van der Waals surface area contributed by atoms with Crippen LogP contribution in [0.1, 0.15) is 39.0 Å². The Morgan fingerprint density at radius 3 is 2.83 bits per heavy atom. The van der Waals surface area contributed by atoms with Crippen LogP contribution in [0.3, 0.4) is 0 Å². The van der Waals surface area contributed by atoms with Gasteiger partial charge in [-0.2, -0.15) is 0 Å². The highest BCUT2D eigenvalue weighted by Crippen LogP contribution is 2.14. The summed E-state index contributed by atoms with van der Waals surface area (Å²) in [4.78, 5) is 22.3. The monoisotopic (exact) mass is 256 g/mol. The first kappa shape index (κ1) is 15.0. The lowest BCUT2D eigenvalue weighted by Crippen LogP contribution is -2.36. The van der Waals surface area contributed by atoms with Crippen molar-refractivity contribution in [2.45, 2.75) is 39.0 Å². The van der Waals surface area contributed by atoms with Gasteiger partial charge >= 0.3 is 5.97 Å². The summed E-state index contributed by atoms with van der Waals surface area (Å²) in [6, 6.07) is 0. The van der Waals surface area contributed by atoms with Gasteiger partial charge < -0.3 is 15.7 Å². The van der Waals surface area contributed by atoms with E-state index < -0.39 is 5.97 Å². The van der Waals surface area contributed by atoms with Gasteiger partial charge in [0, 0.05) is 19.4 Å². The Morgan fingerprint density at radius 2 is 2.28 bits per heavy atom. The first-order valence-electron chi connectivity index (χ1n) is 6.81. The summed E-state index contributed by atoms with van der Waals surface area (Å²) in [5.74, 6) is -0.283. The van der Waals surface area contributed by atoms with E-state index in [2.05, 4.69) is 10.6 Å². The van der Waals surface area contributed by atoms with Crippen LogP contribution >= 0.6 is 0 Å². The summed E-state index contributed by atoms with van der Waals surface area (Å²) in [7, 11) is 0. The fourth-order valence-electron chi connectivity index (χ4n) is 2.30. The van der Waals surface area contributed by atoms with Crippen LogP contribution in [0, 0.1) is 11.8 Å². The quantitative estimate of drug-likeness (QED) is 0.635. The standard InChI is InChI=1S/C13H24N2O3/c1-2-10(7-13(17)18)9-15-12(16)6-11-4-3-5-14-8-11/h10-11,14H,2-9H2,1H3,(H,15,16)(H,17,18). The van der Waals surface area contributed by atoms with E-state index in [4.69, 9.17) is 5.11 Å². The molecule has 2 unspecified atom stereocenters. The predicted octanol–water partition coefficient (Wildman–Crippen LogP) is 0.993. The lowest BCUT2D eigenvalue weighted by Gasteiger charge is -2.22. The molecule has 1 aliphatic rings. The second-order valence-corrected chi connectivity index (χ2v) is 5.09. The third kappa shape index (κ3) is 6.00. The van der Waals surface area contributed by atoms with E-state index in [-0.39, 0.29) is 18.2 Å². The molecule has 0 aromatic heterocycles. The van der Waals surface area contributed by atoms with E-state index in [1.807, 2.05) is 6.92 Å². The molecule has 1 amide bonds. The Balaban J connectivity index is 2.20. The van der Waals surface area contributed by atoms with Gasteiger partial charge in [-0.1, -0.05) is 13.3 Å². The lowest BCUT2D eigenvalue weighted by molar-refractivity contribution is -0.138. The van der Waals surface area contributed by atoms with Gasteiger partial charge in [-0.15, -0.1) is 0 Å². The highest BCUT2D eigenvalue weighted by Gasteiger charge is 2.18. The maximum atomic E-state index is 11.7. The van der Waals surface area contributed by atoms with Crippen molar-refractivity contribution in [3.63, 3.8) is 0 Å². The topological polar surface area (TPSA) is 78.4 Å². The van der Waals surface area contributed by atoms with E-state index in [0.29, 0.717) is 18.9 Å². The summed E-state index contributed by atoms with van der Waals surface area (Å²) in [6.07, 6.45) is 3.69. The molecule has 5 nitrogen and oxygen atoms in total. The molecule has 1 fully saturated rings. The zero-order chi connectivity index (χ0) is 13.4. The molecule has 0 saturated carbocycles. The highest BCUT2D eigenvalue weighted by atomic mass is 16.4. The van der Waals surface area contributed by atoms with E-state index in [0.717, 1.165) is 32.4 Å². The van der Waals surface area contributed by atoms with E-state index in [9.17, 15) is 9.59 Å². The molecular weight excluding hydrogens is 232 g/mol. The normalized spacial score (nSPS) is 21.3. The van der Waals surface area contributed by atoms with Gasteiger partial charge in [0.2, 0.25) is 5.91 Å². The van der Waals surface area contributed by atoms with Crippen LogP contribution < -0.4 is 10.6 Å². The summed E-state index contributed by atoms with van der Waals surface area (Å²) in [5, 5.41) is 14.9. The number of amides is 1. The summed E-state index contributed by atoms with van der Waals surface area (Å²) >= 11 is 0. The highest BCUT2D eigenvalue weighted by molar-refractivity contribution is 5.76. The largest absolute Gasteiger partial charge is 0.481 e. The van der Waals surface area contributed by atoms with E-state index >= 15 is 0 Å². The van der Waals surface area contributed by atoms with Crippen molar-refractivity contribution in [2.24, 2.45) is 11.8 Å². The Labute approximate surface area is 108 Å². The zero-order valence-electron chi connectivity index (χ0n) is 11.1. The number of carboxylic acids is 1. The molecular formula is C13H24N2O3. The average Bonchev–Trinajstić information content (AvgIpc) is 2.35. The van der Waals surface area contributed by atoms with Crippen LogP contribution in [-0.4, -0.2) is 36.6 Å². The summed E-state index contributed by atoms with van der Waals surface area (Å²) < 4.78 is 0. The van der Waals surface area contributed by atoms with Gasteiger partial charge in [-0.25, -0.2) is 0 Å². The molecule has 0 spiro atoms. The van der Waals surface area contributed by atoms with Crippen LogP contribution in [0.25, 0.3) is 0 Å². The van der Waals surface area contributed by atoms with Crippen molar-refractivity contribution in [3.05, 3.63) is 0 Å². The van der Waals surface area contributed by atoms with Gasteiger partial charge in [0.25, 0.3) is 0 Å². The number of carbonyl (C=O) groups is 2. The Hall–Kier alpha value is -1.10. The average molecular weight is 256 g/mol. The van der Waals surface area contributed by atoms with Crippen molar-refractivity contribution in [1.82, 2.24) is 10.6 Å². The van der Waals surface area contributed by atoms with Gasteiger partial charge in [0.05, 0.1) is 0 Å². The summed E-state index contributed by atoms with van der Waals surface area (Å²) in [6.45, 7) is 4.39. The number of hydrogen-bond donors (Lipinski definition) is 3. The van der Waals surface area contributed by atoms with Crippen molar-refractivity contribution < 1.29 is 14.7 Å². The number of rotatable bonds is 7. The fraction of sp³-hybridized carbons (Fsp3) is 0.846. The molecule has 18 heavy (non-hydrogen) atoms. The second-order valence-electron chi connectivity index (χ2n) is 5.09. The Bertz CT molecular complexity index is 275. The molecule has 1 heterocycles. The number of carbonyl (C=O) groups excluding carboxylic acids is 1. The molecule has 1 aliphatic heterocycles. The predicted molar refractivity (Wildman–Crippen MR) is 69.3 cm³/mol. The van der Waals surface area contributed by atoms with Gasteiger partial charge in [0.15, 0.2) is 0 Å². The van der Waals surface area contributed by atoms with Crippen molar-refractivity contribution in [2.75, 3.05) is 19.6 Å². The number of carboxylic acid groups (broad SMARTS) is 1. The summed E-state index contributed by atoms with van der Waals surface area (Å²) in [5.41, 5.74) is 0. The molecule has 2 atom stereocenters. The maximum absolute atomic E-state index is 11.7. The van der Waals surface area contributed by atoms with Crippen LogP contribution in [-0.2, 0) is 9.59 Å². The molecule has 0 bridgehead atoms. The van der Waals surface area contributed by atoms with E-state index in [1.54, 1.807) is 0 Å². The molecule has 0 aromatic rings. The SMILES string of the molecule is CCC(CNC(=O)CC1CCCNC1)CC(=O)O. The Morgan fingerprint density at radius 1 is 1.50 bits per heavy atom. The van der Waals surface area contributed by atoms with Crippen LogP contribution in [0.5, 0.6) is 0 Å². The van der Waals surface area contributed by atoms with Crippen LogP contribution in [0.2, 0.25) is 0 Å². The van der Waals surface area contributed by atoms with Crippen molar-refractivity contribution in [3.8, 4) is 0 Å². The number of aliphatic carboxylic acids is 1. The molecule has 3 N–H and O–H groups in total. The lowest BCUT2D eigenvalue weighted by atomic mass is 9.95. The van der Waals surface area contributed by atoms with Gasteiger partial charge in [-0.05, 0) is 37.8 Å². The zero-order valence-corrected chi connectivity index (χ0v) is 11.1. The smallest absolute Gasteiger partial charge is 0.303 e. The minimum Gasteiger partial charge on any atom is -0.481 e. The number of nitrogens with one attached hydrogen (secondary N) is 2. The van der Waals surface area contributed by atoms with Crippen LogP contribution in [0.15, 0.2) is 0 Å². The minimum absolute atomic E-state index is 0.0379. The molecule has 1 saturated heterocycles. The molecule has 1 rings (SSSR count). The maximum Gasteiger partial charge on any atom is 0.303 e. The second kappa shape index (κ2) is 8.08. The molecule has 0 aliphatic carbocycles. The Kier molecular flexibility index (Phi) is 6.72. The van der Waals surface area contributed by atoms with Crippen LogP contribution in [0.4, 0.5) is 0 Å². The third-order valence-electron chi connectivity index (χ3n) is 3.50. The third-order valence-corrected chi connectivity index (χ3v) is 3.50. The number of piperidine rings is 1. The molecule has 0 aromatic carbocycles. The first-order chi connectivity index (χ1) is 8.61. The fourth-order valence-corrected chi connectivity index (χ4v) is 2.30. The molecule has 104 valence electrons. The number of hydrogen-bond acceptors (Lipinski definition) is 3. The van der Waals surface area contributed by atoms with E-state index in [1.165, 1.54) is 0 Å². The van der Waals surface area contributed by atoms with Gasteiger partial charge in [-0.3, -0.25) is 9.59 Å². The first-order valence-corrected chi connectivity index (χ1v) is 6.81. The van der Waals surface area contributed by atoms with Gasteiger partial charge in [0.1, 0.15) is 0 Å². The van der Waals surface area contributed by atoms with Crippen molar-refractivity contribution >= 4 is 11.9 Å². The molecule has 0 radical (unpaired) electrons. The molecule has 5 heteroatoms. The van der Waals surface area contributed by atoms with Crippen molar-refractivity contribution in [1.29, 1.82) is 0 Å². The minimum atomic E-state index is -0.799.